The third kappa shape index (κ3) is 3.72. The van der Waals surface area contributed by atoms with Crippen molar-refractivity contribution in [2.24, 2.45) is 0 Å². The third-order valence-corrected chi connectivity index (χ3v) is 4.95. The van der Waals surface area contributed by atoms with E-state index in [0.717, 1.165) is 5.56 Å². The van der Waals surface area contributed by atoms with Gasteiger partial charge in [-0.2, -0.15) is 0 Å². The predicted molar refractivity (Wildman–Crippen MR) is 95.5 cm³/mol. The van der Waals surface area contributed by atoms with E-state index in [1.165, 1.54) is 11.3 Å². The number of rotatable bonds is 4. The number of nitrogens with one attached hydrogen (secondary N) is 1. The molecule has 0 radical (unpaired) electrons. The summed E-state index contributed by atoms with van der Waals surface area (Å²) in [6.07, 6.45) is 3.28. The molecule has 0 unspecified atom stereocenters. The summed E-state index contributed by atoms with van der Waals surface area (Å²) in [5.74, 6) is 0.295. The van der Waals surface area contributed by atoms with Crippen molar-refractivity contribution in [3.63, 3.8) is 0 Å². The summed E-state index contributed by atoms with van der Waals surface area (Å²) in [6.45, 7) is 2.09. The van der Waals surface area contributed by atoms with Crippen molar-refractivity contribution in [1.82, 2.24) is 20.3 Å². The van der Waals surface area contributed by atoms with Crippen LogP contribution in [0, 0.1) is 6.92 Å². The molecule has 1 N–H and O–H groups in total. The van der Waals surface area contributed by atoms with Gasteiger partial charge in [0.05, 0.1) is 5.69 Å². The first-order valence-electron chi connectivity index (χ1n) is 7.01. The van der Waals surface area contributed by atoms with Crippen LogP contribution in [0.1, 0.15) is 20.9 Å². The van der Waals surface area contributed by atoms with Gasteiger partial charge < -0.3 is 5.32 Å². The van der Waals surface area contributed by atoms with Gasteiger partial charge in [-0.3, -0.25) is 4.79 Å². The largest absolute Gasteiger partial charge is 0.347 e. The minimum absolute atomic E-state index is 0.210. The van der Waals surface area contributed by atoms with Gasteiger partial charge in [-0.1, -0.05) is 29.3 Å². The molecule has 2 heterocycles. The monoisotopic (exact) mass is 378 g/mol. The minimum atomic E-state index is -0.210. The Balaban J connectivity index is 1.75. The van der Waals surface area contributed by atoms with Gasteiger partial charge in [-0.15, -0.1) is 11.3 Å². The highest BCUT2D eigenvalue weighted by Gasteiger charge is 2.17. The second-order valence-electron chi connectivity index (χ2n) is 4.92. The summed E-state index contributed by atoms with van der Waals surface area (Å²) in [5.41, 5.74) is 1.44. The molecule has 0 spiro atoms. The lowest BCUT2D eigenvalue weighted by atomic mass is 10.2. The van der Waals surface area contributed by atoms with E-state index in [1.54, 1.807) is 43.6 Å². The Morgan fingerprint density at radius 1 is 1.25 bits per heavy atom. The molecular weight excluding hydrogens is 367 g/mol. The van der Waals surface area contributed by atoms with Crippen LogP contribution in [-0.4, -0.2) is 20.9 Å². The molecule has 0 aliphatic carbocycles. The molecule has 0 aliphatic heterocycles. The number of hydrogen-bond donors (Lipinski definition) is 1. The normalized spacial score (nSPS) is 10.6. The van der Waals surface area contributed by atoms with Crippen molar-refractivity contribution in [1.29, 1.82) is 0 Å². The van der Waals surface area contributed by atoms with Gasteiger partial charge >= 0.3 is 0 Å². The number of halogens is 2. The van der Waals surface area contributed by atoms with Gasteiger partial charge in [0.25, 0.3) is 5.91 Å². The van der Waals surface area contributed by atoms with Gasteiger partial charge in [0.2, 0.25) is 0 Å². The molecule has 122 valence electrons. The molecule has 2 aromatic heterocycles. The Bertz CT molecular complexity index is 883. The zero-order chi connectivity index (χ0) is 17.1. The highest BCUT2D eigenvalue weighted by molar-refractivity contribution is 7.17. The smallest absolute Gasteiger partial charge is 0.263 e. The van der Waals surface area contributed by atoms with Crippen molar-refractivity contribution < 1.29 is 4.79 Å². The number of aryl methyl sites for hydroxylation is 1. The first-order valence-corrected chi connectivity index (χ1v) is 8.59. The topological polar surface area (TPSA) is 67.8 Å². The van der Waals surface area contributed by atoms with E-state index in [9.17, 15) is 4.79 Å². The molecule has 3 aromatic rings. The van der Waals surface area contributed by atoms with Crippen LogP contribution in [-0.2, 0) is 6.54 Å². The molecule has 1 aromatic carbocycles. The number of hydrogen-bond acceptors (Lipinski definition) is 5. The van der Waals surface area contributed by atoms with E-state index < -0.39 is 0 Å². The Morgan fingerprint density at radius 3 is 2.71 bits per heavy atom. The molecule has 8 heteroatoms. The van der Waals surface area contributed by atoms with Crippen molar-refractivity contribution in [3.8, 4) is 10.8 Å². The molecule has 0 atom stereocenters. The molecular formula is C16H12Cl2N4OS. The second kappa shape index (κ2) is 7.25. The summed E-state index contributed by atoms with van der Waals surface area (Å²) in [7, 11) is 0. The van der Waals surface area contributed by atoms with Crippen LogP contribution in [0.5, 0.6) is 0 Å². The molecule has 3 rings (SSSR count). The quantitative estimate of drug-likeness (QED) is 0.740. The standard InChI is InChI=1S/C16H12Cl2N4OS/c1-9-13(24-16(22-9)14-19-5-2-6-20-14)15(23)21-8-10-3-4-11(17)7-12(10)18/h2-7H,8H2,1H3,(H,21,23). The van der Waals surface area contributed by atoms with Crippen molar-refractivity contribution in [2.75, 3.05) is 0 Å². The summed E-state index contributed by atoms with van der Waals surface area (Å²) in [5, 5.41) is 4.53. The third-order valence-electron chi connectivity index (χ3n) is 3.21. The summed E-state index contributed by atoms with van der Waals surface area (Å²) < 4.78 is 0. The molecule has 0 fully saturated rings. The van der Waals surface area contributed by atoms with E-state index in [2.05, 4.69) is 20.3 Å². The summed E-state index contributed by atoms with van der Waals surface area (Å²) in [6, 6.07) is 6.90. The van der Waals surface area contributed by atoms with Gasteiger partial charge in [-0.25, -0.2) is 15.0 Å². The Kier molecular flexibility index (Phi) is 5.08. The van der Waals surface area contributed by atoms with Crippen LogP contribution >= 0.6 is 34.5 Å². The van der Waals surface area contributed by atoms with Gasteiger partial charge in [0.15, 0.2) is 10.8 Å². The highest BCUT2D eigenvalue weighted by atomic mass is 35.5. The molecule has 0 saturated carbocycles. The van der Waals surface area contributed by atoms with Gasteiger partial charge in [-0.05, 0) is 30.7 Å². The van der Waals surface area contributed by atoms with Gasteiger partial charge in [0.1, 0.15) is 4.88 Å². The van der Waals surface area contributed by atoms with Crippen LogP contribution in [0.25, 0.3) is 10.8 Å². The number of thiazole rings is 1. The molecule has 1 amide bonds. The fourth-order valence-electron chi connectivity index (χ4n) is 2.03. The van der Waals surface area contributed by atoms with Crippen molar-refractivity contribution in [2.45, 2.75) is 13.5 Å². The second-order valence-corrected chi connectivity index (χ2v) is 6.77. The summed E-state index contributed by atoms with van der Waals surface area (Å²) >= 11 is 13.2. The molecule has 0 bridgehead atoms. The average Bonchev–Trinajstić information content (AvgIpc) is 2.96. The number of aromatic nitrogens is 3. The van der Waals surface area contributed by atoms with Crippen LogP contribution in [0.2, 0.25) is 10.0 Å². The zero-order valence-electron chi connectivity index (χ0n) is 12.6. The Labute approximate surface area is 152 Å². The van der Waals surface area contributed by atoms with E-state index in [4.69, 9.17) is 23.2 Å². The van der Waals surface area contributed by atoms with E-state index in [1.807, 2.05) is 0 Å². The maximum Gasteiger partial charge on any atom is 0.263 e. The van der Waals surface area contributed by atoms with Crippen LogP contribution in [0.15, 0.2) is 36.7 Å². The average molecular weight is 379 g/mol. The number of benzene rings is 1. The number of carbonyl (C=O) groups is 1. The minimum Gasteiger partial charge on any atom is -0.347 e. The Morgan fingerprint density at radius 2 is 2.00 bits per heavy atom. The zero-order valence-corrected chi connectivity index (χ0v) is 14.9. The van der Waals surface area contributed by atoms with Crippen LogP contribution in [0.3, 0.4) is 0 Å². The number of carbonyl (C=O) groups excluding carboxylic acids is 1. The Hall–Kier alpha value is -2.02. The number of amides is 1. The van der Waals surface area contributed by atoms with Crippen molar-refractivity contribution in [3.05, 3.63) is 62.8 Å². The fraction of sp³-hybridized carbons (Fsp3) is 0.125. The fourth-order valence-corrected chi connectivity index (χ4v) is 3.44. The summed E-state index contributed by atoms with van der Waals surface area (Å²) in [4.78, 5) is 25.6. The maximum atomic E-state index is 12.4. The SMILES string of the molecule is Cc1nc(-c2ncccn2)sc1C(=O)NCc1ccc(Cl)cc1Cl. The van der Waals surface area contributed by atoms with E-state index in [-0.39, 0.29) is 5.91 Å². The number of nitrogens with zero attached hydrogens (tertiary/aromatic N) is 3. The van der Waals surface area contributed by atoms with Crippen molar-refractivity contribution >= 4 is 40.4 Å². The first-order chi connectivity index (χ1) is 11.5. The lowest BCUT2D eigenvalue weighted by molar-refractivity contribution is 0.0954. The molecule has 0 saturated heterocycles. The van der Waals surface area contributed by atoms with Gasteiger partial charge in [0, 0.05) is 29.0 Å². The first kappa shape index (κ1) is 16.8. The maximum absolute atomic E-state index is 12.4. The van der Waals surface area contributed by atoms with E-state index in [0.29, 0.717) is 38.0 Å². The molecule has 5 nitrogen and oxygen atoms in total. The van der Waals surface area contributed by atoms with Crippen LogP contribution < -0.4 is 5.32 Å². The van der Waals surface area contributed by atoms with Crippen LogP contribution in [0.4, 0.5) is 0 Å². The van der Waals surface area contributed by atoms with E-state index >= 15 is 0 Å². The lowest BCUT2D eigenvalue weighted by Crippen LogP contribution is -2.22. The lowest BCUT2D eigenvalue weighted by Gasteiger charge is -2.06. The highest BCUT2D eigenvalue weighted by Crippen LogP contribution is 2.25. The molecule has 0 aliphatic rings. The predicted octanol–water partition coefficient (Wildman–Crippen LogP) is 4.15. The molecule has 24 heavy (non-hydrogen) atoms.